The van der Waals surface area contributed by atoms with Crippen LogP contribution in [0.15, 0.2) is 12.7 Å². The van der Waals surface area contributed by atoms with Gasteiger partial charge in [-0.05, 0) is 6.42 Å². The van der Waals surface area contributed by atoms with Gasteiger partial charge >= 0.3 is 0 Å². The van der Waals surface area contributed by atoms with Gasteiger partial charge in [-0.25, -0.2) is 0 Å². The molecule has 0 radical (unpaired) electrons. The van der Waals surface area contributed by atoms with Gasteiger partial charge in [0, 0.05) is 7.11 Å². The van der Waals surface area contributed by atoms with Crippen LogP contribution in [0.1, 0.15) is 58.3 Å². The van der Waals surface area contributed by atoms with Gasteiger partial charge in [-0.15, -0.1) is 6.58 Å². The average Bonchev–Trinajstić information content (AvgIpc) is 2.22. The number of hydrogen-bond acceptors (Lipinski definition) is 1. The van der Waals surface area contributed by atoms with Gasteiger partial charge in [0.2, 0.25) is 0 Å². The zero-order valence-electron chi connectivity index (χ0n) is 9.93. The molecule has 0 saturated heterocycles. The molecule has 1 nitrogen and oxygen atoms in total. The first-order chi connectivity index (χ1) is 6.85. The maximum Gasteiger partial charge on any atom is 0.0749 e. The maximum absolute atomic E-state index is 5.23. The van der Waals surface area contributed by atoms with Crippen molar-refractivity contribution in [1.82, 2.24) is 0 Å². The highest BCUT2D eigenvalue weighted by atomic mass is 16.5. The van der Waals surface area contributed by atoms with Crippen LogP contribution in [-0.4, -0.2) is 13.2 Å². The fourth-order valence-electron chi connectivity index (χ4n) is 1.63. The summed E-state index contributed by atoms with van der Waals surface area (Å²) in [5.74, 6) is 0. The van der Waals surface area contributed by atoms with Crippen molar-refractivity contribution in [1.29, 1.82) is 0 Å². The monoisotopic (exact) mass is 198 g/mol. The van der Waals surface area contributed by atoms with Gasteiger partial charge in [0.1, 0.15) is 0 Å². The standard InChI is InChI=1S/C13H26O/c1-4-6-7-8-9-10-11-12-13(5-2)14-3/h5,13H,2,4,6-12H2,1,3H3. The van der Waals surface area contributed by atoms with Gasteiger partial charge in [0.05, 0.1) is 6.10 Å². The first-order valence-corrected chi connectivity index (χ1v) is 6.00. The zero-order valence-corrected chi connectivity index (χ0v) is 9.93. The van der Waals surface area contributed by atoms with Crippen molar-refractivity contribution < 1.29 is 4.74 Å². The minimum absolute atomic E-state index is 0.269. The van der Waals surface area contributed by atoms with Crippen molar-refractivity contribution in [2.45, 2.75) is 64.4 Å². The summed E-state index contributed by atoms with van der Waals surface area (Å²) in [6.07, 6.45) is 12.8. The molecule has 0 fully saturated rings. The lowest BCUT2D eigenvalue weighted by atomic mass is 10.1. The van der Waals surface area contributed by atoms with Crippen molar-refractivity contribution in [2.24, 2.45) is 0 Å². The molecule has 0 aromatic carbocycles. The lowest BCUT2D eigenvalue weighted by molar-refractivity contribution is 0.131. The smallest absolute Gasteiger partial charge is 0.0749 e. The first-order valence-electron chi connectivity index (χ1n) is 6.00. The Morgan fingerprint density at radius 1 is 1.07 bits per heavy atom. The molecule has 0 aromatic rings. The molecule has 14 heavy (non-hydrogen) atoms. The summed E-state index contributed by atoms with van der Waals surface area (Å²) in [6.45, 7) is 6.00. The second-order valence-electron chi connectivity index (χ2n) is 3.92. The van der Waals surface area contributed by atoms with Crippen molar-refractivity contribution in [3.63, 3.8) is 0 Å². The Hall–Kier alpha value is -0.300. The number of rotatable bonds is 10. The molecule has 1 heteroatoms. The number of unbranched alkanes of at least 4 members (excludes halogenated alkanes) is 6. The summed E-state index contributed by atoms with van der Waals surface area (Å²) in [5.41, 5.74) is 0. The molecule has 0 aliphatic carbocycles. The Balaban J connectivity index is 3.08. The van der Waals surface area contributed by atoms with E-state index in [1.807, 2.05) is 6.08 Å². The molecule has 0 rings (SSSR count). The van der Waals surface area contributed by atoms with E-state index >= 15 is 0 Å². The SMILES string of the molecule is C=CC(CCCCCCCCC)OC. The van der Waals surface area contributed by atoms with Gasteiger partial charge < -0.3 is 4.74 Å². The summed E-state index contributed by atoms with van der Waals surface area (Å²) in [4.78, 5) is 0. The van der Waals surface area contributed by atoms with E-state index < -0.39 is 0 Å². The van der Waals surface area contributed by atoms with E-state index in [0.29, 0.717) is 0 Å². The van der Waals surface area contributed by atoms with Gasteiger partial charge in [-0.3, -0.25) is 0 Å². The van der Waals surface area contributed by atoms with E-state index in [-0.39, 0.29) is 6.10 Å². The molecular weight excluding hydrogens is 172 g/mol. The number of hydrogen-bond donors (Lipinski definition) is 0. The predicted molar refractivity (Wildman–Crippen MR) is 63.6 cm³/mol. The predicted octanol–water partition coefficient (Wildman–Crippen LogP) is 4.33. The van der Waals surface area contributed by atoms with E-state index in [1.165, 1.54) is 44.9 Å². The van der Waals surface area contributed by atoms with E-state index in [2.05, 4.69) is 13.5 Å². The molecule has 0 spiro atoms. The number of methoxy groups -OCH3 is 1. The van der Waals surface area contributed by atoms with Crippen LogP contribution in [0.2, 0.25) is 0 Å². The Labute approximate surface area is 89.5 Å². The van der Waals surface area contributed by atoms with Gasteiger partial charge in [0.25, 0.3) is 0 Å². The second kappa shape index (κ2) is 10.8. The van der Waals surface area contributed by atoms with E-state index in [0.717, 1.165) is 6.42 Å². The highest BCUT2D eigenvalue weighted by molar-refractivity contribution is 4.78. The molecule has 0 aliphatic rings. The van der Waals surface area contributed by atoms with Crippen LogP contribution in [-0.2, 0) is 4.74 Å². The normalized spacial score (nSPS) is 12.7. The van der Waals surface area contributed by atoms with Crippen molar-refractivity contribution >= 4 is 0 Å². The van der Waals surface area contributed by atoms with Crippen LogP contribution < -0.4 is 0 Å². The van der Waals surface area contributed by atoms with Crippen LogP contribution in [0.3, 0.4) is 0 Å². The Kier molecular flexibility index (Phi) is 10.5. The molecule has 0 amide bonds. The quantitative estimate of drug-likeness (QED) is 0.375. The molecule has 0 aromatic heterocycles. The molecule has 84 valence electrons. The van der Waals surface area contributed by atoms with Crippen LogP contribution in [0, 0.1) is 0 Å². The molecule has 1 unspecified atom stereocenters. The highest BCUT2D eigenvalue weighted by Crippen LogP contribution is 2.11. The molecule has 0 heterocycles. The second-order valence-corrected chi connectivity index (χ2v) is 3.92. The molecule has 1 atom stereocenters. The van der Waals surface area contributed by atoms with Gasteiger partial charge in [0.15, 0.2) is 0 Å². The molecule has 0 aliphatic heterocycles. The fraction of sp³-hybridized carbons (Fsp3) is 0.846. The summed E-state index contributed by atoms with van der Waals surface area (Å²) in [6, 6.07) is 0. The largest absolute Gasteiger partial charge is 0.377 e. The minimum Gasteiger partial charge on any atom is -0.377 e. The zero-order chi connectivity index (χ0) is 10.6. The maximum atomic E-state index is 5.23. The van der Waals surface area contributed by atoms with Crippen molar-refractivity contribution in [2.75, 3.05) is 7.11 Å². The topological polar surface area (TPSA) is 9.23 Å². The average molecular weight is 198 g/mol. The Bertz CT molecular complexity index is 120. The minimum atomic E-state index is 0.269. The van der Waals surface area contributed by atoms with Crippen LogP contribution >= 0.6 is 0 Å². The summed E-state index contributed by atoms with van der Waals surface area (Å²) < 4.78 is 5.23. The van der Waals surface area contributed by atoms with Crippen LogP contribution in [0.5, 0.6) is 0 Å². The number of ether oxygens (including phenoxy) is 1. The van der Waals surface area contributed by atoms with Gasteiger partial charge in [-0.2, -0.15) is 0 Å². The third-order valence-corrected chi connectivity index (χ3v) is 2.66. The fourth-order valence-corrected chi connectivity index (χ4v) is 1.63. The summed E-state index contributed by atoms with van der Waals surface area (Å²) in [7, 11) is 1.76. The Morgan fingerprint density at radius 2 is 1.64 bits per heavy atom. The van der Waals surface area contributed by atoms with Gasteiger partial charge in [-0.1, -0.05) is 57.9 Å². The van der Waals surface area contributed by atoms with Crippen molar-refractivity contribution in [3.8, 4) is 0 Å². The Morgan fingerprint density at radius 3 is 2.14 bits per heavy atom. The van der Waals surface area contributed by atoms with E-state index in [1.54, 1.807) is 7.11 Å². The highest BCUT2D eigenvalue weighted by Gasteiger charge is 2.00. The summed E-state index contributed by atoms with van der Waals surface area (Å²) >= 11 is 0. The lowest BCUT2D eigenvalue weighted by Gasteiger charge is -2.09. The molecule has 0 saturated carbocycles. The lowest BCUT2D eigenvalue weighted by Crippen LogP contribution is -2.05. The van der Waals surface area contributed by atoms with Crippen LogP contribution in [0.4, 0.5) is 0 Å². The van der Waals surface area contributed by atoms with Crippen molar-refractivity contribution in [3.05, 3.63) is 12.7 Å². The van der Waals surface area contributed by atoms with Crippen LogP contribution in [0.25, 0.3) is 0 Å². The van der Waals surface area contributed by atoms with E-state index in [4.69, 9.17) is 4.74 Å². The third kappa shape index (κ3) is 8.31. The molecule has 0 bridgehead atoms. The summed E-state index contributed by atoms with van der Waals surface area (Å²) in [5, 5.41) is 0. The molecule has 0 N–H and O–H groups in total. The van der Waals surface area contributed by atoms with E-state index in [9.17, 15) is 0 Å². The third-order valence-electron chi connectivity index (χ3n) is 2.66. The first kappa shape index (κ1) is 13.7. The molecular formula is C13H26O.